The Balaban J connectivity index is 1.20. The molecule has 6 rings (SSSR count). The number of nitrogens with zero attached hydrogens (tertiary/aromatic N) is 3. The zero-order chi connectivity index (χ0) is 31.4. The van der Waals surface area contributed by atoms with Crippen LogP contribution in [0.3, 0.4) is 0 Å². The Morgan fingerprint density at radius 3 is 2.34 bits per heavy atom. The van der Waals surface area contributed by atoms with Crippen molar-refractivity contribution in [3.8, 4) is 5.69 Å². The molecule has 12 heteroatoms. The molecule has 2 amide bonds. The summed E-state index contributed by atoms with van der Waals surface area (Å²) < 4.78 is 43.4. The van der Waals surface area contributed by atoms with E-state index in [9.17, 15) is 22.4 Å². The molecule has 0 bridgehead atoms. The maximum absolute atomic E-state index is 13.7. The minimum atomic E-state index is -3.77. The quantitative estimate of drug-likeness (QED) is 0.325. The number of nitrogens with two attached hydrogens (primary N) is 1. The molecule has 0 atom stereocenters. The number of rotatable bonds is 9. The van der Waals surface area contributed by atoms with Crippen LogP contribution in [0.5, 0.6) is 0 Å². The Morgan fingerprint density at radius 1 is 1.05 bits per heavy atom. The summed E-state index contributed by atoms with van der Waals surface area (Å²) in [4.78, 5) is 28.1. The van der Waals surface area contributed by atoms with Crippen LogP contribution < -0.4 is 15.8 Å². The Morgan fingerprint density at radius 2 is 1.70 bits per heavy atom. The molecule has 2 aromatic carbocycles. The molecule has 2 saturated carbocycles. The first-order chi connectivity index (χ1) is 20.8. The van der Waals surface area contributed by atoms with Gasteiger partial charge in [-0.25, -0.2) is 22.2 Å². The number of benzene rings is 2. The number of hydrogen-bond donors (Lipinski definition) is 3. The van der Waals surface area contributed by atoms with Gasteiger partial charge in [-0.3, -0.25) is 9.59 Å². The lowest BCUT2D eigenvalue weighted by Crippen LogP contribution is -2.53. The van der Waals surface area contributed by atoms with Crippen molar-refractivity contribution in [2.45, 2.75) is 88.2 Å². The van der Waals surface area contributed by atoms with Crippen molar-refractivity contribution in [3.63, 3.8) is 0 Å². The van der Waals surface area contributed by atoms with E-state index in [-0.39, 0.29) is 28.4 Å². The lowest BCUT2D eigenvalue weighted by Gasteiger charge is -2.42. The first kappa shape index (κ1) is 30.3. The maximum Gasteiger partial charge on any atom is 0.258 e. The van der Waals surface area contributed by atoms with Crippen molar-refractivity contribution in [1.29, 1.82) is 0 Å². The zero-order valence-corrected chi connectivity index (χ0v) is 26.1. The van der Waals surface area contributed by atoms with E-state index in [2.05, 4.69) is 23.9 Å². The van der Waals surface area contributed by atoms with E-state index < -0.39 is 21.7 Å². The molecule has 0 radical (unpaired) electrons. The minimum Gasteiger partial charge on any atom is -0.382 e. The smallest absolute Gasteiger partial charge is 0.258 e. The van der Waals surface area contributed by atoms with E-state index in [1.807, 2.05) is 22.6 Å². The molecule has 1 aromatic heterocycles. The third kappa shape index (κ3) is 5.97. The monoisotopic (exact) mass is 622 g/mol. The third-order valence-corrected chi connectivity index (χ3v) is 10.7. The molecule has 1 aliphatic heterocycles. The molecule has 0 saturated heterocycles. The Labute approximate surface area is 257 Å². The van der Waals surface area contributed by atoms with Gasteiger partial charge in [-0.1, -0.05) is 0 Å². The van der Waals surface area contributed by atoms with E-state index in [1.54, 1.807) is 12.1 Å². The first-order valence-corrected chi connectivity index (χ1v) is 16.7. The van der Waals surface area contributed by atoms with Gasteiger partial charge < -0.3 is 16.0 Å². The van der Waals surface area contributed by atoms with Crippen molar-refractivity contribution < 1.29 is 22.4 Å². The van der Waals surface area contributed by atoms with Crippen LogP contribution in [0.2, 0.25) is 0 Å². The average Bonchev–Trinajstić information content (AvgIpc) is 3.73. The van der Waals surface area contributed by atoms with E-state index >= 15 is 0 Å². The number of carbonyl (C=O) groups excluding carboxylic acids is 2. The number of anilines is 1. The fourth-order valence-corrected chi connectivity index (χ4v) is 7.81. The van der Waals surface area contributed by atoms with Crippen molar-refractivity contribution in [2.75, 3.05) is 11.9 Å². The largest absolute Gasteiger partial charge is 0.382 e. The molecular formula is C32H39FN6O4S. The zero-order valence-electron chi connectivity index (χ0n) is 25.3. The third-order valence-electron chi connectivity index (χ3n) is 9.13. The van der Waals surface area contributed by atoms with Crippen LogP contribution in [0.4, 0.5) is 10.1 Å². The fraction of sp³-hybridized carbons (Fsp3) is 0.469. The molecule has 10 nitrogen and oxygen atoms in total. The van der Waals surface area contributed by atoms with Crippen LogP contribution in [0.1, 0.15) is 84.5 Å². The first-order valence-electron chi connectivity index (χ1n) is 15.2. The van der Waals surface area contributed by atoms with Gasteiger partial charge in [0.15, 0.2) is 0 Å². The Kier molecular flexibility index (Phi) is 7.77. The predicted molar refractivity (Wildman–Crippen MR) is 165 cm³/mol. The van der Waals surface area contributed by atoms with Gasteiger partial charge in [0.1, 0.15) is 5.82 Å². The van der Waals surface area contributed by atoms with Gasteiger partial charge in [-0.2, -0.15) is 5.10 Å². The number of fused-ring (bicyclic) bond motifs is 1. The normalized spacial score (nSPS) is 21.6. The second-order valence-corrected chi connectivity index (χ2v) is 14.7. The number of amides is 2. The van der Waals surface area contributed by atoms with Gasteiger partial charge in [0.2, 0.25) is 10.0 Å². The van der Waals surface area contributed by atoms with Crippen molar-refractivity contribution >= 4 is 27.5 Å². The second kappa shape index (κ2) is 11.3. The SMILES string of the molecule is Cc1nn(-c2ccc(C(N)=O)c(NC3CCC(NS(=O)(=O)c4ccc(F)cc4)CC3)c2)c2c1C(=O)N(CC1CC1)C(C)(C)C2. The van der Waals surface area contributed by atoms with E-state index in [1.165, 1.54) is 25.0 Å². The summed E-state index contributed by atoms with van der Waals surface area (Å²) in [6, 6.07) is 9.82. The number of nitrogens with one attached hydrogen (secondary N) is 2. The van der Waals surface area contributed by atoms with Crippen LogP contribution in [0.25, 0.3) is 5.69 Å². The molecule has 0 unspecified atom stereocenters. The molecule has 2 fully saturated rings. The molecule has 4 N–H and O–H groups in total. The predicted octanol–water partition coefficient (Wildman–Crippen LogP) is 4.31. The van der Waals surface area contributed by atoms with E-state index in [0.29, 0.717) is 60.5 Å². The lowest BCUT2D eigenvalue weighted by molar-refractivity contribution is 0.0487. The summed E-state index contributed by atoms with van der Waals surface area (Å²) in [7, 11) is -3.77. The van der Waals surface area contributed by atoms with Crippen molar-refractivity contribution in [2.24, 2.45) is 11.7 Å². The van der Waals surface area contributed by atoms with Gasteiger partial charge >= 0.3 is 0 Å². The molecule has 234 valence electrons. The second-order valence-electron chi connectivity index (χ2n) is 13.0. The number of sulfonamides is 1. The van der Waals surface area contributed by atoms with Crippen LogP contribution >= 0.6 is 0 Å². The highest BCUT2D eigenvalue weighted by molar-refractivity contribution is 7.89. The topological polar surface area (TPSA) is 139 Å². The Bertz CT molecular complexity index is 1710. The van der Waals surface area contributed by atoms with E-state index in [4.69, 9.17) is 10.8 Å². The molecule has 3 aromatic rings. The number of aromatic nitrogens is 2. The van der Waals surface area contributed by atoms with Gasteiger partial charge in [0.05, 0.1) is 33.1 Å². The van der Waals surface area contributed by atoms with Crippen LogP contribution in [0.15, 0.2) is 47.4 Å². The molecule has 3 aliphatic rings. The van der Waals surface area contributed by atoms with Gasteiger partial charge in [-0.05, 0) is 108 Å². The van der Waals surface area contributed by atoms with Gasteiger partial charge in [0.25, 0.3) is 11.8 Å². The number of carbonyl (C=O) groups is 2. The highest BCUT2D eigenvalue weighted by Crippen LogP contribution is 2.38. The number of aryl methyl sites for hydroxylation is 1. The van der Waals surface area contributed by atoms with Crippen molar-refractivity contribution in [1.82, 2.24) is 19.4 Å². The number of primary amides is 1. The molecule has 2 aliphatic carbocycles. The average molecular weight is 623 g/mol. The molecule has 2 heterocycles. The van der Waals surface area contributed by atoms with Gasteiger partial charge in [0, 0.05) is 36.3 Å². The van der Waals surface area contributed by atoms with Crippen LogP contribution in [-0.2, 0) is 16.4 Å². The summed E-state index contributed by atoms with van der Waals surface area (Å²) in [6.07, 6.45) is 5.48. The highest BCUT2D eigenvalue weighted by atomic mass is 32.2. The number of halogens is 1. The molecule has 0 spiro atoms. The molecule has 44 heavy (non-hydrogen) atoms. The summed E-state index contributed by atoms with van der Waals surface area (Å²) in [5.41, 5.74) is 9.21. The van der Waals surface area contributed by atoms with Crippen LogP contribution in [0, 0.1) is 18.7 Å². The van der Waals surface area contributed by atoms with E-state index in [0.717, 1.165) is 30.1 Å². The standard InChI is InChI=1S/C32H39FN6O4S/c1-19-29-28(17-32(2,3)38(31(29)41)18-20-4-5-20)39(36-19)24-12-15-26(30(34)40)27(16-24)35-22-8-10-23(11-9-22)37-44(42,43)25-13-6-21(33)7-14-25/h6-7,12-16,20,22-23,35,37H,4-5,8-11,17-18H2,1-3H3,(H2,34,40). The lowest BCUT2D eigenvalue weighted by atomic mass is 9.87. The summed E-state index contributed by atoms with van der Waals surface area (Å²) in [6.45, 7) is 6.83. The van der Waals surface area contributed by atoms with Crippen LogP contribution in [-0.4, -0.2) is 59.1 Å². The summed E-state index contributed by atoms with van der Waals surface area (Å²) in [5.74, 6) is -0.461. The molecular weight excluding hydrogens is 583 g/mol. The number of hydrogen-bond acceptors (Lipinski definition) is 6. The van der Waals surface area contributed by atoms with Gasteiger partial charge in [-0.15, -0.1) is 0 Å². The Hall–Kier alpha value is -3.77. The summed E-state index contributed by atoms with van der Waals surface area (Å²) in [5, 5.41) is 8.26. The minimum absolute atomic E-state index is 0.0142. The summed E-state index contributed by atoms with van der Waals surface area (Å²) >= 11 is 0. The highest BCUT2D eigenvalue weighted by Gasteiger charge is 2.43. The maximum atomic E-state index is 13.7. The van der Waals surface area contributed by atoms with Crippen molar-refractivity contribution in [3.05, 3.63) is 70.8 Å². The fourth-order valence-electron chi connectivity index (χ4n) is 6.51.